The number of hydrogen-bond donors (Lipinski definition) is 2. The molecule has 0 aromatic carbocycles. The molecule has 3 atom stereocenters. The first-order chi connectivity index (χ1) is 8.67. The molecule has 0 saturated heterocycles. The number of rotatable bonds is 8. The highest BCUT2D eigenvalue weighted by Crippen LogP contribution is 2.10. The van der Waals surface area contributed by atoms with Gasteiger partial charge in [0.25, 0.3) is 0 Å². The molecule has 0 rings (SSSR count). The number of aliphatic carboxylic acids is 1. The SMILES string of the molecule is C=CCS(=O)(=O)C(C)C(=O)NC(C(=O)O)C(C)CC. The van der Waals surface area contributed by atoms with Gasteiger partial charge in [0.1, 0.15) is 11.3 Å². The molecular formula is C12H21NO5S. The third-order valence-electron chi connectivity index (χ3n) is 3.03. The summed E-state index contributed by atoms with van der Waals surface area (Å²) in [5, 5.41) is 10.0. The number of carbonyl (C=O) groups is 2. The minimum absolute atomic E-state index is 0.282. The number of carboxylic acids is 1. The summed E-state index contributed by atoms with van der Waals surface area (Å²) >= 11 is 0. The average molecular weight is 291 g/mol. The molecule has 1 amide bonds. The third kappa shape index (κ3) is 5.02. The maximum Gasteiger partial charge on any atom is 0.326 e. The quantitative estimate of drug-likeness (QED) is 0.637. The minimum atomic E-state index is -3.64. The Morgan fingerprint density at radius 3 is 2.26 bits per heavy atom. The van der Waals surface area contributed by atoms with E-state index in [1.54, 1.807) is 13.8 Å². The summed E-state index contributed by atoms with van der Waals surface area (Å²) in [6, 6.07) is -1.08. The minimum Gasteiger partial charge on any atom is -0.480 e. The second-order valence-corrected chi connectivity index (χ2v) is 6.84. The largest absolute Gasteiger partial charge is 0.480 e. The highest BCUT2D eigenvalue weighted by molar-refractivity contribution is 7.92. The first-order valence-electron chi connectivity index (χ1n) is 6.03. The van der Waals surface area contributed by atoms with Gasteiger partial charge >= 0.3 is 5.97 Å². The van der Waals surface area contributed by atoms with Crippen molar-refractivity contribution in [2.24, 2.45) is 5.92 Å². The van der Waals surface area contributed by atoms with E-state index in [0.29, 0.717) is 6.42 Å². The molecule has 3 unspecified atom stereocenters. The summed E-state index contributed by atoms with van der Waals surface area (Å²) < 4.78 is 23.4. The Balaban J connectivity index is 4.93. The van der Waals surface area contributed by atoms with Gasteiger partial charge in [0.05, 0.1) is 5.75 Å². The first kappa shape index (κ1) is 17.6. The molecule has 0 aromatic rings. The molecular weight excluding hydrogens is 270 g/mol. The van der Waals surface area contributed by atoms with E-state index in [0.717, 1.165) is 0 Å². The van der Waals surface area contributed by atoms with Crippen molar-refractivity contribution in [2.45, 2.75) is 38.5 Å². The zero-order valence-corrected chi connectivity index (χ0v) is 12.2. The molecule has 0 heterocycles. The van der Waals surface area contributed by atoms with E-state index in [2.05, 4.69) is 11.9 Å². The number of carboxylic acid groups (broad SMARTS) is 1. The van der Waals surface area contributed by atoms with Gasteiger partial charge in [-0.15, -0.1) is 6.58 Å². The van der Waals surface area contributed by atoms with Crippen molar-refractivity contribution in [1.29, 1.82) is 0 Å². The Labute approximate surface area is 113 Å². The molecule has 0 radical (unpaired) electrons. The molecule has 19 heavy (non-hydrogen) atoms. The van der Waals surface area contributed by atoms with Crippen molar-refractivity contribution >= 4 is 21.7 Å². The summed E-state index contributed by atoms with van der Waals surface area (Å²) in [5.41, 5.74) is 0. The van der Waals surface area contributed by atoms with E-state index < -0.39 is 33.0 Å². The Morgan fingerprint density at radius 1 is 1.37 bits per heavy atom. The molecule has 0 spiro atoms. The molecule has 0 saturated carbocycles. The van der Waals surface area contributed by atoms with Crippen LogP contribution < -0.4 is 5.32 Å². The fourth-order valence-electron chi connectivity index (χ4n) is 1.43. The van der Waals surface area contributed by atoms with Gasteiger partial charge in [-0.05, 0) is 12.8 Å². The van der Waals surface area contributed by atoms with Crippen LogP contribution >= 0.6 is 0 Å². The van der Waals surface area contributed by atoms with Gasteiger partial charge in [-0.25, -0.2) is 13.2 Å². The highest BCUT2D eigenvalue weighted by Gasteiger charge is 2.32. The smallest absolute Gasteiger partial charge is 0.326 e. The van der Waals surface area contributed by atoms with Crippen molar-refractivity contribution in [3.05, 3.63) is 12.7 Å². The van der Waals surface area contributed by atoms with Crippen molar-refractivity contribution < 1.29 is 23.1 Å². The Kier molecular flexibility index (Phi) is 6.75. The maximum absolute atomic E-state index is 11.8. The van der Waals surface area contributed by atoms with E-state index in [-0.39, 0.29) is 11.7 Å². The number of sulfone groups is 1. The van der Waals surface area contributed by atoms with Crippen LogP contribution in [0.25, 0.3) is 0 Å². The molecule has 0 aliphatic rings. The van der Waals surface area contributed by atoms with Crippen LogP contribution in [0, 0.1) is 5.92 Å². The van der Waals surface area contributed by atoms with E-state index in [9.17, 15) is 18.0 Å². The van der Waals surface area contributed by atoms with Gasteiger partial charge in [0.15, 0.2) is 9.84 Å². The topological polar surface area (TPSA) is 101 Å². The van der Waals surface area contributed by atoms with Crippen LogP contribution in [-0.2, 0) is 19.4 Å². The summed E-state index contributed by atoms with van der Waals surface area (Å²) in [5.74, 6) is -2.57. The fraction of sp³-hybridized carbons (Fsp3) is 0.667. The van der Waals surface area contributed by atoms with Crippen molar-refractivity contribution in [2.75, 3.05) is 5.75 Å². The zero-order chi connectivity index (χ0) is 15.2. The van der Waals surface area contributed by atoms with Crippen molar-refractivity contribution in [3.8, 4) is 0 Å². The molecule has 7 heteroatoms. The van der Waals surface area contributed by atoms with Gasteiger partial charge in [0.2, 0.25) is 5.91 Å². The number of hydrogen-bond acceptors (Lipinski definition) is 4. The molecule has 0 aliphatic carbocycles. The molecule has 2 N–H and O–H groups in total. The Bertz CT molecular complexity index is 443. The molecule has 0 aromatic heterocycles. The van der Waals surface area contributed by atoms with E-state index >= 15 is 0 Å². The second-order valence-electron chi connectivity index (χ2n) is 4.47. The van der Waals surface area contributed by atoms with Crippen LogP contribution in [0.1, 0.15) is 27.2 Å². The average Bonchev–Trinajstić information content (AvgIpc) is 2.33. The number of nitrogens with one attached hydrogen (secondary N) is 1. The number of carbonyl (C=O) groups excluding carboxylic acids is 1. The van der Waals surface area contributed by atoms with Crippen LogP contribution in [0.4, 0.5) is 0 Å². The summed E-state index contributed by atoms with van der Waals surface area (Å²) in [6.07, 6.45) is 1.76. The summed E-state index contributed by atoms with van der Waals surface area (Å²) in [4.78, 5) is 22.9. The monoisotopic (exact) mass is 291 g/mol. The van der Waals surface area contributed by atoms with E-state index in [1.807, 2.05) is 0 Å². The van der Waals surface area contributed by atoms with Crippen LogP contribution in [-0.4, -0.2) is 42.4 Å². The lowest BCUT2D eigenvalue weighted by Gasteiger charge is -2.22. The molecule has 0 fully saturated rings. The molecule has 6 nitrogen and oxygen atoms in total. The molecule has 0 bridgehead atoms. The predicted octanol–water partition coefficient (Wildman–Crippen LogP) is 0.591. The third-order valence-corrected chi connectivity index (χ3v) is 5.03. The normalized spacial score (nSPS) is 16.2. The first-order valence-corrected chi connectivity index (χ1v) is 7.74. The van der Waals surface area contributed by atoms with Gasteiger partial charge in [0, 0.05) is 0 Å². The van der Waals surface area contributed by atoms with Crippen molar-refractivity contribution in [1.82, 2.24) is 5.32 Å². The number of amides is 1. The van der Waals surface area contributed by atoms with Gasteiger partial charge in [-0.1, -0.05) is 26.3 Å². The lowest BCUT2D eigenvalue weighted by Crippen LogP contribution is -2.49. The van der Waals surface area contributed by atoms with Crippen LogP contribution in [0.5, 0.6) is 0 Å². The van der Waals surface area contributed by atoms with Gasteiger partial charge in [-0.3, -0.25) is 4.79 Å². The Morgan fingerprint density at radius 2 is 1.89 bits per heavy atom. The molecule has 110 valence electrons. The lowest BCUT2D eigenvalue weighted by atomic mass is 9.99. The van der Waals surface area contributed by atoms with E-state index in [4.69, 9.17) is 5.11 Å². The summed E-state index contributed by atoms with van der Waals surface area (Å²) in [7, 11) is -3.64. The van der Waals surface area contributed by atoms with Crippen LogP contribution in [0.15, 0.2) is 12.7 Å². The van der Waals surface area contributed by atoms with Crippen LogP contribution in [0.2, 0.25) is 0 Å². The van der Waals surface area contributed by atoms with Gasteiger partial charge in [-0.2, -0.15) is 0 Å². The van der Waals surface area contributed by atoms with Crippen molar-refractivity contribution in [3.63, 3.8) is 0 Å². The standard InChI is InChI=1S/C12H21NO5S/c1-5-7-19(17,18)9(4)11(14)13-10(12(15)16)8(3)6-2/h5,8-10H,1,6-7H2,2-4H3,(H,13,14)(H,15,16). The van der Waals surface area contributed by atoms with Crippen LogP contribution in [0.3, 0.4) is 0 Å². The second kappa shape index (κ2) is 7.28. The molecule has 0 aliphatic heterocycles. The summed E-state index contributed by atoms with van der Waals surface area (Å²) in [6.45, 7) is 8.03. The fourth-order valence-corrected chi connectivity index (χ4v) is 2.44. The van der Waals surface area contributed by atoms with Gasteiger partial charge < -0.3 is 10.4 Å². The lowest BCUT2D eigenvalue weighted by molar-refractivity contribution is -0.143. The van der Waals surface area contributed by atoms with E-state index in [1.165, 1.54) is 13.0 Å². The maximum atomic E-state index is 11.8. The Hall–Kier alpha value is -1.37. The zero-order valence-electron chi connectivity index (χ0n) is 11.4. The highest BCUT2D eigenvalue weighted by atomic mass is 32.2. The predicted molar refractivity (Wildman–Crippen MR) is 72.5 cm³/mol.